The number of Topliss-reactive ketones (excluding diaryl/α,β-unsaturated/α-hetero) is 1. The Morgan fingerprint density at radius 1 is 1.05 bits per heavy atom. The lowest BCUT2D eigenvalue weighted by Gasteiger charge is -2.15. The number of ketones is 1. The highest BCUT2D eigenvalue weighted by molar-refractivity contribution is 6.30. The highest BCUT2D eigenvalue weighted by Crippen LogP contribution is 2.50. The summed E-state index contributed by atoms with van der Waals surface area (Å²) in [4.78, 5) is 12.7. The average Bonchev–Trinajstić information content (AvgIpc) is 3.29. The van der Waals surface area contributed by atoms with Crippen LogP contribution in [-0.2, 0) is 5.41 Å². The molecule has 1 saturated carbocycles. The zero-order valence-electron chi connectivity index (χ0n) is 11.2. The highest BCUT2D eigenvalue weighted by atomic mass is 35.5. The van der Waals surface area contributed by atoms with Gasteiger partial charge in [-0.1, -0.05) is 23.7 Å². The molecule has 2 nitrogen and oxygen atoms in total. The Kier molecular flexibility index (Phi) is 3.27. The predicted molar refractivity (Wildman–Crippen MR) is 79.7 cm³/mol. The minimum atomic E-state index is -0.347. The lowest BCUT2D eigenvalue weighted by atomic mass is 9.87. The molecule has 0 unspecified atom stereocenters. The van der Waals surface area contributed by atoms with Crippen molar-refractivity contribution < 1.29 is 9.53 Å². The second kappa shape index (κ2) is 4.95. The van der Waals surface area contributed by atoms with Crippen LogP contribution in [0.5, 0.6) is 5.75 Å². The minimum Gasteiger partial charge on any atom is -0.497 e. The Labute approximate surface area is 123 Å². The molecule has 1 aliphatic carbocycles. The maximum Gasteiger partial charge on any atom is 0.173 e. The lowest BCUT2D eigenvalue weighted by molar-refractivity contribution is 0.0946. The van der Waals surface area contributed by atoms with Gasteiger partial charge in [0, 0.05) is 10.6 Å². The zero-order chi connectivity index (χ0) is 14.2. The summed E-state index contributed by atoms with van der Waals surface area (Å²) in [6.07, 6.45) is 1.81. The second-order valence-corrected chi connectivity index (χ2v) is 5.58. The maximum absolute atomic E-state index is 12.7. The van der Waals surface area contributed by atoms with Crippen LogP contribution in [0.3, 0.4) is 0 Å². The van der Waals surface area contributed by atoms with E-state index < -0.39 is 0 Å². The van der Waals surface area contributed by atoms with Crippen molar-refractivity contribution >= 4 is 17.4 Å². The van der Waals surface area contributed by atoms with Gasteiger partial charge in [-0.2, -0.15) is 0 Å². The Balaban J connectivity index is 1.91. The molecule has 1 fully saturated rings. The molecule has 3 rings (SSSR count). The van der Waals surface area contributed by atoms with Gasteiger partial charge in [-0.3, -0.25) is 4.79 Å². The van der Waals surface area contributed by atoms with E-state index in [4.69, 9.17) is 16.3 Å². The molecule has 0 amide bonds. The molecule has 0 heterocycles. The van der Waals surface area contributed by atoms with Crippen LogP contribution in [0, 0.1) is 0 Å². The van der Waals surface area contributed by atoms with Gasteiger partial charge in [-0.15, -0.1) is 0 Å². The van der Waals surface area contributed by atoms with Gasteiger partial charge in [0.15, 0.2) is 5.78 Å². The van der Waals surface area contributed by atoms with Gasteiger partial charge in [0.05, 0.1) is 12.5 Å². The fourth-order valence-corrected chi connectivity index (χ4v) is 2.69. The van der Waals surface area contributed by atoms with Crippen LogP contribution in [0.1, 0.15) is 28.8 Å². The first-order chi connectivity index (χ1) is 9.65. The smallest absolute Gasteiger partial charge is 0.173 e. The molecule has 102 valence electrons. The van der Waals surface area contributed by atoms with Crippen molar-refractivity contribution in [1.82, 2.24) is 0 Å². The molecule has 20 heavy (non-hydrogen) atoms. The van der Waals surface area contributed by atoms with E-state index in [1.165, 1.54) is 0 Å². The first-order valence-electron chi connectivity index (χ1n) is 6.61. The molecule has 2 aromatic carbocycles. The van der Waals surface area contributed by atoms with Crippen LogP contribution in [0.4, 0.5) is 0 Å². The average molecular weight is 287 g/mol. The molecule has 0 aliphatic heterocycles. The van der Waals surface area contributed by atoms with Crippen molar-refractivity contribution in [3.05, 3.63) is 64.7 Å². The number of ether oxygens (including phenoxy) is 1. The van der Waals surface area contributed by atoms with Gasteiger partial charge in [0.25, 0.3) is 0 Å². The van der Waals surface area contributed by atoms with Crippen molar-refractivity contribution in [3.63, 3.8) is 0 Å². The first kappa shape index (κ1) is 13.2. The topological polar surface area (TPSA) is 26.3 Å². The SMILES string of the molecule is COc1ccc(C2(C(=O)c3ccc(Cl)cc3)CC2)cc1. The van der Waals surface area contributed by atoms with E-state index in [2.05, 4.69) is 0 Å². The van der Waals surface area contributed by atoms with Gasteiger partial charge in [-0.25, -0.2) is 0 Å². The number of rotatable bonds is 4. The quantitative estimate of drug-likeness (QED) is 0.785. The van der Waals surface area contributed by atoms with E-state index in [1.54, 1.807) is 31.4 Å². The van der Waals surface area contributed by atoms with Crippen molar-refractivity contribution in [2.45, 2.75) is 18.3 Å². The minimum absolute atomic E-state index is 0.180. The van der Waals surface area contributed by atoms with Gasteiger partial charge in [0.1, 0.15) is 5.75 Å². The van der Waals surface area contributed by atoms with Crippen LogP contribution in [0.2, 0.25) is 5.02 Å². The van der Waals surface area contributed by atoms with Crippen molar-refractivity contribution in [3.8, 4) is 5.75 Å². The van der Waals surface area contributed by atoms with Crippen LogP contribution in [0.25, 0.3) is 0 Å². The maximum atomic E-state index is 12.7. The molecular weight excluding hydrogens is 272 g/mol. The van der Waals surface area contributed by atoms with E-state index in [0.717, 1.165) is 29.7 Å². The van der Waals surface area contributed by atoms with E-state index in [1.807, 2.05) is 24.3 Å². The third-order valence-corrected chi connectivity index (χ3v) is 4.19. The fourth-order valence-electron chi connectivity index (χ4n) is 2.56. The van der Waals surface area contributed by atoms with Crippen molar-refractivity contribution in [2.24, 2.45) is 0 Å². The summed E-state index contributed by atoms with van der Waals surface area (Å²) in [6.45, 7) is 0. The molecule has 0 radical (unpaired) electrons. The first-order valence-corrected chi connectivity index (χ1v) is 6.98. The standard InChI is InChI=1S/C17H15ClO2/c1-20-15-8-4-13(5-9-15)17(10-11-17)16(19)12-2-6-14(18)7-3-12/h2-9H,10-11H2,1H3. The fraction of sp³-hybridized carbons (Fsp3) is 0.235. The van der Waals surface area contributed by atoms with Gasteiger partial charge >= 0.3 is 0 Å². The van der Waals surface area contributed by atoms with E-state index in [0.29, 0.717) is 5.02 Å². The number of hydrogen-bond donors (Lipinski definition) is 0. The third-order valence-electron chi connectivity index (χ3n) is 3.93. The number of hydrogen-bond acceptors (Lipinski definition) is 2. The Hall–Kier alpha value is -1.80. The summed E-state index contributed by atoms with van der Waals surface area (Å²) in [5.41, 5.74) is 1.45. The van der Waals surface area contributed by atoms with E-state index in [9.17, 15) is 4.79 Å². The normalized spacial score (nSPS) is 15.7. The van der Waals surface area contributed by atoms with Crippen LogP contribution < -0.4 is 4.74 Å². The molecule has 1 aliphatic rings. The van der Waals surface area contributed by atoms with Gasteiger partial charge < -0.3 is 4.74 Å². The monoisotopic (exact) mass is 286 g/mol. The summed E-state index contributed by atoms with van der Waals surface area (Å²) in [5.74, 6) is 0.989. The summed E-state index contributed by atoms with van der Waals surface area (Å²) in [5, 5.41) is 0.649. The number of carbonyl (C=O) groups is 1. The molecule has 2 aromatic rings. The van der Waals surface area contributed by atoms with Crippen molar-refractivity contribution in [2.75, 3.05) is 7.11 Å². The lowest BCUT2D eigenvalue weighted by Crippen LogP contribution is -2.20. The van der Waals surface area contributed by atoms with Crippen molar-refractivity contribution in [1.29, 1.82) is 0 Å². The molecule has 3 heteroatoms. The summed E-state index contributed by atoms with van der Waals surface area (Å²) in [6, 6.07) is 14.9. The molecule has 0 aromatic heterocycles. The predicted octanol–water partition coefficient (Wildman–Crippen LogP) is 4.26. The largest absolute Gasteiger partial charge is 0.497 e. The molecule has 0 N–H and O–H groups in total. The number of carbonyl (C=O) groups excluding carboxylic acids is 1. The van der Waals surface area contributed by atoms with E-state index in [-0.39, 0.29) is 11.2 Å². The van der Waals surface area contributed by atoms with Gasteiger partial charge in [0.2, 0.25) is 0 Å². The number of halogens is 1. The number of methoxy groups -OCH3 is 1. The Morgan fingerprint density at radius 3 is 2.15 bits per heavy atom. The number of benzene rings is 2. The summed E-state index contributed by atoms with van der Waals surface area (Å²) >= 11 is 5.87. The second-order valence-electron chi connectivity index (χ2n) is 5.15. The van der Waals surface area contributed by atoms with Crippen LogP contribution >= 0.6 is 11.6 Å². The summed E-state index contributed by atoms with van der Waals surface area (Å²) in [7, 11) is 1.64. The highest BCUT2D eigenvalue weighted by Gasteiger charge is 2.51. The molecule has 0 bridgehead atoms. The van der Waals surface area contributed by atoms with E-state index >= 15 is 0 Å². The molecule has 0 spiro atoms. The third kappa shape index (κ3) is 2.20. The van der Waals surface area contributed by atoms with Crippen LogP contribution in [-0.4, -0.2) is 12.9 Å². The molecular formula is C17H15ClO2. The molecule has 0 saturated heterocycles. The summed E-state index contributed by atoms with van der Waals surface area (Å²) < 4.78 is 5.16. The molecule has 0 atom stereocenters. The zero-order valence-corrected chi connectivity index (χ0v) is 12.0. The Morgan fingerprint density at radius 2 is 1.65 bits per heavy atom. The van der Waals surface area contributed by atoms with Crippen LogP contribution in [0.15, 0.2) is 48.5 Å². The Bertz CT molecular complexity index is 625. The van der Waals surface area contributed by atoms with Gasteiger partial charge in [-0.05, 0) is 54.8 Å².